The molecule has 7 nitrogen and oxygen atoms in total. The molecule has 7 heteroatoms. The van der Waals surface area contributed by atoms with Gasteiger partial charge in [-0.3, -0.25) is 4.79 Å². The Labute approximate surface area is 231 Å². The molecule has 206 valence electrons. The van der Waals surface area contributed by atoms with Gasteiger partial charge >= 0.3 is 5.97 Å². The van der Waals surface area contributed by atoms with Crippen LogP contribution in [0.5, 0.6) is 5.75 Å². The lowest BCUT2D eigenvalue weighted by Crippen LogP contribution is -2.46. The van der Waals surface area contributed by atoms with Crippen LogP contribution in [0.3, 0.4) is 0 Å². The van der Waals surface area contributed by atoms with E-state index >= 15 is 0 Å². The first-order valence-electron chi connectivity index (χ1n) is 13.9. The standard InChI is InChI=1S/C32H39N3O4/c1-3-5-21-39-30-14-11-24(15-16-35-19-17-34(4-2)18-20-35)22-28(30)31(36)33-29-23-26(12-13-27(29)32(37)38)25-9-7-6-8-10-25/h6-14,22-23H,3-5,15-21H2,1-2H3,(H,33,36)(H,37,38). The van der Waals surface area contributed by atoms with Crippen LogP contribution in [0.15, 0.2) is 66.7 Å². The fourth-order valence-corrected chi connectivity index (χ4v) is 4.81. The van der Waals surface area contributed by atoms with Crippen molar-refractivity contribution in [3.8, 4) is 16.9 Å². The lowest BCUT2D eigenvalue weighted by atomic mass is 10.0. The van der Waals surface area contributed by atoms with E-state index in [1.54, 1.807) is 12.1 Å². The van der Waals surface area contributed by atoms with Gasteiger partial charge in [0.15, 0.2) is 0 Å². The number of carboxylic acid groups (broad SMARTS) is 1. The minimum Gasteiger partial charge on any atom is -0.493 e. The van der Waals surface area contributed by atoms with E-state index in [4.69, 9.17) is 4.74 Å². The molecule has 0 aliphatic carbocycles. The number of carbonyl (C=O) groups is 2. The zero-order valence-electron chi connectivity index (χ0n) is 23.0. The summed E-state index contributed by atoms with van der Waals surface area (Å²) in [4.78, 5) is 30.5. The Morgan fingerprint density at radius 3 is 2.31 bits per heavy atom. The number of aromatic carboxylic acids is 1. The third-order valence-corrected chi connectivity index (χ3v) is 7.28. The number of ether oxygens (including phenoxy) is 1. The van der Waals surface area contributed by atoms with Crippen LogP contribution in [0.1, 0.15) is 53.0 Å². The number of anilines is 1. The van der Waals surface area contributed by atoms with Crippen molar-refractivity contribution in [2.75, 3.05) is 51.2 Å². The van der Waals surface area contributed by atoms with Gasteiger partial charge in [-0.15, -0.1) is 0 Å². The second-order valence-corrected chi connectivity index (χ2v) is 9.94. The molecule has 0 aromatic heterocycles. The minimum absolute atomic E-state index is 0.0406. The van der Waals surface area contributed by atoms with E-state index in [0.29, 0.717) is 17.9 Å². The minimum atomic E-state index is -1.10. The van der Waals surface area contributed by atoms with Gasteiger partial charge in [-0.1, -0.05) is 62.7 Å². The van der Waals surface area contributed by atoms with Gasteiger partial charge in [0.1, 0.15) is 5.75 Å². The number of benzene rings is 3. The van der Waals surface area contributed by atoms with Crippen LogP contribution in [0, 0.1) is 0 Å². The smallest absolute Gasteiger partial charge is 0.337 e. The van der Waals surface area contributed by atoms with E-state index in [-0.39, 0.29) is 17.2 Å². The predicted octanol–water partition coefficient (Wildman–Crippen LogP) is 5.66. The van der Waals surface area contributed by atoms with E-state index in [1.165, 1.54) is 6.07 Å². The van der Waals surface area contributed by atoms with E-state index in [1.807, 2.05) is 48.5 Å². The first-order chi connectivity index (χ1) is 19.0. The molecule has 4 rings (SSSR count). The second-order valence-electron chi connectivity index (χ2n) is 9.94. The number of unbranched alkanes of at least 4 members (excludes halogenated alkanes) is 1. The monoisotopic (exact) mass is 529 g/mol. The number of nitrogens with zero attached hydrogens (tertiary/aromatic N) is 2. The van der Waals surface area contributed by atoms with Gasteiger partial charge in [-0.2, -0.15) is 0 Å². The molecule has 1 aliphatic heterocycles. The van der Waals surface area contributed by atoms with Crippen molar-refractivity contribution in [3.05, 3.63) is 83.4 Å². The summed E-state index contributed by atoms with van der Waals surface area (Å²) in [5.74, 6) is -0.966. The maximum absolute atomic E-state index is 13.6. The number of carboxylic acids is 1. The maximum atomic E-state index is 13.6. The van der Waals surface area contributed by atoms with Crippen LogP contribution in [0.25, 0.3) is 11.1 Å². The molecule has 0 radical (unpaired) electrons. The lowest BCUT2D eigenvalue weighted by molar-refractivity contribution is 0.0698. The molecule has 1 aliphatic rings. The van der Waals surface area contributed by atoms with E-state index < -0.39 is 5.97 Å². The molecule has 3 aromatic carbocycles. The number of piperazine rings is 1. The Bertz CT molecular complexity index is 1250. The summed E-state index contributed by atoms with van der Waals surface area (Å²) in [6.45, 7) is 11.1. The van der Waals surface area contributed by atoms with Gasteiger partial charge in [-0.25, -0.2) is 4.79 Å². The van der Waals surface area contributed by atoms with Gasteiger partial charge in [-0.05, 0) is 60.3 Å². The third-order valence-electron chi connectivity index (χ3n) is 7.28. The number of likely N-dealkylation sites (N-methyl/N-ethyl adjacent to an activating group) is 1. The van der Waals surface area contributed by atoms with Gasteiger partial charge in [0.25, 0.3) is 5.91 Å². The Morgan fingerprint density at radius 1 is 0.872 bits per heavy atom. The molecule has 3 aromatic rings. The Morgan fingerprint density at radius 2 is 1.62 bits per heavy atom. The molecule has 0 atom stereocenters. The van der Waals surface area contributed by atoms with E-state index in [0.717, 1.165) is 75.2 Å². The van der Waals surface area contributed by atoms with E-state index in [2.05, 4.69) is 29.0 Å². The largest absolute Gasteiger partial charge is 0.493 e. The summed E-state index contributed by atoms with van der Waals surface area (Å²) in [5.41, 5.74) is 3.53. The van der Waals surface area contributed by atoms with Crippen LogP contribution in [-0.2, 0) is 6.42 Å². The Balaban J connectivity index is 1.56. The molecule has 0 unspecified atom stereocenters. The molecule has 0 saturated carbocycles. The number of hydrogen-bond acceptors (Lipinski definition) is 5. The fraction of sp³-hybridized carbons (Fsp3) is 0.375. The van der Waals surface area contributed by atoms with Crippen molar-refractivity contribution in [3.63, 3.8) is 0 Å². The first kappa shape index (κ1) is 28.3. The van der Waals surface area contributed by atoms with Crippen molar-refractivity contribution in [1.82, 2.24) is 9.80 Å². The predicted molar refractivity (Wildman–Crippen MR) is 156 cm³/mol. The summed E-state index contributed by atoms with van der Waals surface area (Å²) in [6, 6.07) is 20.5. The van der Waals surface area contributed by atoms with Crippen molar-refractivity contribution in [1.29, 1.82) is 0 Å². The summed E-state index contributed by atoms with van der Waals surface area (Å²) in [7, 11) is 0. The highest BCUT2D eigenvalue weighted by atomic mass is 16.5. The van der Waals surface area contributed by atoms with Crippen molar-refractivity contribution in [2.24, 2.45) is 0 Å². The maximum Gasteiger partial charge on any atom is 0.337 e. The molecule has 39 heavy (non-hydrogen) atoms. The number of nitrogens with one attached hydrogen (secondary N) is 1. The van der Waals surface area contributed by atoms with Gasteiger partial charge in [0.2, 0.25) is 0 Å². The Hall–Kier alpha value is -3.68. The summed E-state index contributed by atoms with van der Waals surface area (Å²) < 4.78 is 5.99. The summed E-state index contributed by atoms with van der Waals surface area (Å²) in [6.07, 6.45) is 2.69. The SMILES string of the molecule is CCCCOc1ccc(CCN2CCN(CC)CC2)cc1C(=O)Nc1cc(-c2ccccc2)ccc1C(=O)O. The molecule has 1 fully saturated rings. The molecular weight excluding hydrogens is 490 g/mol. The van der Waals surface area contributed by atoms with Crippen LogP contribution < -0.4 is 10.1 Å². The quantitative estimate of drug-likeness (QED) is 0.295. The zero-order chi connectivity index (χ0) is 27.6. The average molecular weight is 530 g/mol. The number of amides is 1. The normalized spacial score (nSPS) is 14.2. The summed E-state index contributed by atoms with van der Waals surface area (Å²) in [5, 5.41) is 12.7. The Kier molecular flexibility index (Phi) is 10.1. The van der Waals surface area contributed by atoms with Crippen LogP contribution >= 0.6 is 0 Å². The van der Waals surface area contributed by atoms with Crippen LogP contribution in [-0.4, -0.2) is 72.7 Å². The zero-order valence-corrected chi connectivity index (χ0v) is 23.0. The number of hydrogen-bond donors (Lipinski definition) is 2. The van der Waals surface area contributed by atoms with Crippen LogP contribution in [0.4, 0.5) is 5.69 Å². The first-order valence-corrected chi connectivity index (χ1v) is 13.9. The van der Waals surface area contributed by atoms with Gasteiger partial charge in [0.05, 0.1) is 23.4 Å². The molecule has 0 spiro atoms. The fourth-order valence-electron chi connectivity index (χ4n) is 4.81. The number of carbonyl (C=O) groups excluding carboxylic acids is 1. The van der Waals surface area contributed by atoms with Crippen molar-refractivity contribution >= 4 is 17.6 Å². The summed E-state index contributed by atoms with van der Waals surface area (Å²) >= 11 is 0. The highest BCUT2D eigenvalue weighted by molar-refractivity contribution is 6.09. The molecule has 1 heterocycles. The average Bonchev–Trinajstić information content (AvgIpc) is 2.97. The van der Waals surface area contributed by atoms with E-state index in [9.17, 15) is 14.7 Å². The van der Waals surface area contributed by atoms with Crippen molar-refractivity contribution < 1.29 is 19.4 Å². The van der Waals surface area contributed by atoms with Crippen LogP contribution in [0.2, 0.25) is 0 Å². The highest BCUT2D eigenvalue weighted by Gasteiger charge is 2.20. The number of rotatable bonds is 12. The van der Waals surface area contributed by atoms with Gasteiger partial charge in [0, 0.05) is 32.7 Å². The van der Waals surface area contributed by atoms with Crippen molar-refractivity contribution in [2.45, 2.75) is 33.1 Å². The molecule has 1 saturated heterocycles. The molecular formula is C32H39N3O4. The topological polar surface area (TPSA) is 82.1 Å². The third kappa shape index (κ3) is 7.68. The highest BCUT2D eigenvalue weighted by Crippen LogP contribution is 2.28. The molecule has 0 bridgehead atoms. The second kappa shape index (κ2) is 13.9. The molecule has 1 amide bonds. The lowest BCUT2D eigenvalue weighted by Gasteiger charge is -2.34. The van der Waals surface area contributed by atoms with Gasteiger partial charge < -0.3 is 25.0 Å². The molecule has 2 N–H and O–H groups in total.